The monoisotopic (exact) mass is 582 g/mol. The molecule has 0 radical (unpaired) electrons. The highest BCUT2D eigenvalue weighted by Crippen LogP contribution is 2.87. The lowest BCUT2D eigenvalue weighted by Crippen LogP contribution is -2.80. The van der Waals surface area contributed by atoms with E-state index in [1.54, 1.807) is 0 Å². The molecule has 0 unspecified atom stereocenters. The van der Waals surface area contributed by atoms with Crippen LogP contribution in [-0.2, 0) is 4.79 Å². The van der Waals surface area contributed by atoms with E-state index >= 15 is 0 Å². The van der Waals surface area contributed by atoms with Crippen LogP contribution in [0.2, 0.25) is 0 Å². The summed E-state index contributed by atoms with van der Waals surface area (Å²) in [5, 5.41) is 57.0. The largest absolute Gasteiger partial charge is 0.394 e. The van der Waals surface area contributed by atoms with Crippen LogP contribution >= 0.6 is 0 Å². The summed E-state index contributed by atoms with van der Waals surface area (Å²) in [5.41, 5.74) is -1.28. The summed E-state index contributed by atoms with van der Waals surface area (Å²) < 4.78 is 0. The Hall–Kier alpha value is -0.790. The lowest BCUT2D eigenvalue weighted by atomic mass is 9.21. The first-order valence-electron chi connectivity index (χ1n) is 17.3. The van der Waals surface area contributed by atoms with Gasteiger partial charge in [-0.05, 0) is 124 Å². The molecule has 7 fully saturated rings. The maximum absolute atomic E-state index is 15.0. The third-order valence-corrected chi connectivity index (χ3v) is 17.3. The molecule has 15 atom stereocenters. The van der Waals surface area contributed by atoms with Crippen molar-refractivity contribution < 1.29 is 30.3 Å². The number of aliphatic hydroxyl groups excluding tert-OH is 5. The van der Waals surface area contributed by atoms with Crippen LogP contribution in [0.25, 0.3) is 0 Å². The molecule has 6 heteroatoms. The van der Waals surface area contributed by atoms with Crippen molar-refractivity contribution in [3.63, 3.8) is 0 Å². The topological polar surface area (TPSA) is 118 Å². The maximum Gasteiger partial charge on any atom is 0.159 e. The summed E-state index contributed by atoms with van der Waals surface area (Å²) in [6, 6.07) is 0. The molecule has 234 valence electrons. The Morgan fingerprint density at radius 1 is 0.810 bits per heavy atom. The highest BCUT2D eigenvalue weighted by Gasteiger charge is 2.83. The number of allylic oxidation sites excluding steroid dienone is 2. The second-order valence-corrected chi connectivity index (χ2v) is 17.8. The van der Waals surface area contributed by atoms with E-state index in [4.69, 9.17) is 0 Å². The molecule has 0 saturated heterocycles. The van der Waals surface area contributed by atoms with Gasteiger partial charge in [0.15, 0.2) is 5.78 Å². The van der Waals surface area contributed by atoms with Crippen molar-refractivity contribution in [1.82, 2.24) is 0 Å². The fourth-order valence-electron chi connectivity index (χ4n) is 15.7. The van der Waals surface area contributed by atoms with Gasteiger partial charge in [0, 0.05) is 27.6 Å². The van der Waals surface area contributed by atoms with Gasteiger partial charge in [0.2, 0.25) is 0 Å². The molecule has 0 aromatic carbocycles. The molecule has 7 saturated carbocycles. The molecule has 8 rings (SSSR count). The predicted octanol–water partition coefficient (Wildman–Crippen LogP) is 4.55. The van der Waals surface area contributed by atoms with Gasteiger partial charge in [-0.3, -0.25) is 4.79 Å². The van der Waals surface area contributed by atoms with Crippen LogP contribution in [0.3, 0.4) is 0 Å². The first-order chi connectivity index (χ1) is 19.7. The molecule has 0 aromatic rings. The molecule has 1 spiro atoms. The Morgan fingerprint density at radius 3 is 2.29 bits per heavy atom. The molecule has 0 heterocycles. The summed E-state index contributed by atoms with van der Waals surface area (Å²) in [4.78, 5) is 15.0. The molecule has 8 aliphatic carbocycles. The molecule has 6 nitrogen and oxygen atoms in total. The van der Waals surface area contributed by atoms with Gasteiger partial charge in [0.05, 0.1) is 31.0 Å². The van der Waals surface area contributed by atoms with Gasteiger partial charge in [0.25, 0.3) is 0 Å². The Labute approximate surface area is 251 Å². The average Bonchev–Trinajstić information content (AvgIpc) is 2.93. The van der Waals surface area contributed by atoms with Gasteiger partial charge in [-0.2, -0.15) is 0 Å². The number of hydrogen-bond donors (Lipinski definition) is 5. The number of rotatable bonds is 2. The zero-order valence-electron chi connectivity index (χ0n) is 26.2. The standard InChI is InChI=1S/C36H54O6/c1-30-11-7-20-8-14-34-18-27(41)35(16-15-30)26(40)6-5-22(30)36(20,35)24(34)17-21(38)29-31(2)12-10-25(39)33(4,28(42)19-37)23(31)9-13-32(29,34)3/h17,20,22-23,25-29,37,39-42H,5-16,18-19H2,1-4H3/t20-,22+,23+,25+,26+,27+,28-,29-,30-,31+,32-,33+,34-,35+,36-/m1/s1. The second kappa shape index (κ2) is 8.32. The van der Waals surface area contributed by atoms with Crippen molar-refractivity contribution in [2.45, 2.75) is 136 Å². The Balaban J connectivity index is 1.35. The van der Waals surface area contributed by atoms with Crippen LogP contribution in [0.5, 0.6) is 0 Å². The van der Waals surface area contributed by atoms with Gasteiger partial charge in [-0.25, -0.2) is 0 Å². The van der Waals surface area contributed by atoms with Gasteiger partial charge in [-0.15, -0.1) is 0 Å². The molecule has 0 aliphatic heterocycles. The van der Waals surface area contributed by atoms with E-state index in [0.717, 1.165) is 64.2 Å². The summed E-state index contributed by atoms with van der Waals surface area (Å²) in [6.07, 6.45) is 10.8. The number of ketones is 1. The molecule has 0 aromatic heterocycles. The first kappa shape index (κ1) is 28.7. The number of carbonyl (C=O) groups is 1. The highest BCUT2D eigenvalue weighted by atomic mass is 16.3. The van der Waals surface area contributed by atoms with Gasteiger partial charge in [0.1, 0.15) is 0 Å². The summed E-state index contributed by atoms with van der Waals surface area (Å²) in [6.45, 7) is 8.62. The van der Waals surface area contributed by atoms with Gasteiger partial charge < -0.3 is 25.5 Å². The van der Waals surface area contributed by atoms with E-state index < -0.39 is 47.3 Å². The van der Waals surface area contributed by atoms with Crippen molar-refractivity contribution in [3.8, 4) is 0 Å². The number of hydrogen-bond acceptors (Lipinski definition) is 6. The Bertz CT molecular complexity index is 1240. The summed E-state index contributed by atoms with van der Waals surface area (Å²) >= 11 is 0. The van der Waals surface area contributed by atoms with E-state index in [-0.39, 0.29) is 39.3 Å². The van der Waals surface area contributed by atoms with Crippen molar-refractivity contribution >= 4 is 5.78 Å². The molecule has 42 heavy (non-hydrogen) atoms. The molecule has 0 amide bonds. The van der Waals surface area contributed by atoms with Crippen LogP contribution in [0.15, 0.2) is 11.6 Å². The van der Waals surface area contributed by atoms with Crippen molar-refractivity contribution in [1.29, 1.82) is 0 Å². The lowest BCUT2D eigenvalue weighted by molar-refractivity contribution is -0.326. The minimum absolute atomic E-state index is 0.0903. The average molecular weight is 583 g/mol. The molecule has 8 aliphatic rings. The van der Waals surface area contributed by atoms with Crippen LogP contribution < -0.4 is 0 Å². The molecule has 5 bridgehead atoms. The highest BCUT2D eigenvalue weighted by molar-refractivity contribution is 5.96. The summed E-state index contributed by atoms with van der Waals surface area (Å²) in [5.74, 6) is 0.664. The fourth-order valence-corrected chi connectivity index (χ4v) is 15.7. The smallest absolute Gasteiger partial charge is 0.159 e. The van der Waals surface area contributed by atoms with Crippen LogP contribution in [0, 0.1) is 61.6 Å². The zero-order valence-corrected chi connectivity index (χ0v) is 26.2. The van der Waals surface area contributed by atoms with E-state index in [0.29, 0.717) is 24.7 Å². The number of aliphatic hydroxyl groups is 5. The quantitative estimate of drug-likeness (QED) is 0.326. The number of fused-ring (bicyclic) bond motifs is 3. The Kier molecular flexibility index (Phi) is 5.68. The van der Waals surface area contributed by atoms with E-state index in [1.165, 1.54) is 12.0 Å². The van der Waals surface area contributed by atoms with Gasteiger partial charge >= 0.3 is 0 Å². The second-order valence-electron chi connectivity index (χ2n) is 17.8. The lowest BCUT2D eigenvalue weighted by Gasteiger charge is -2.82. The van der Waals surface area contributed by atoms with Crippen molar-refractivity contribution in [3.05, 3.63) is 11.6 Å². The number of carbonyl (C=O) groups excluding carboxylic acids is 1. The van der Waals surface area contributed by atoms with Gasteiger partial charge in [-0.1, -0.05) is 33.3 Å². The van der Waals surface area contributed by atoms with E-state index in [2.05, 4.69) is 26.8 Å². The minimum atomic E-state index is -1.04. The maximum atomic E-state index is 15.0. The molecule has 5 N–H and O–H groups in total. The molecular weight excluding hydrogens is 528 g/mol. The van der Waals surface area contributed by atoms with Crippen LogP contribution in [0.1, 0.15) is 111 Å². The third-order valence-electron chi connectivity index (χ3n) is 17.3. The van der Waals surface area contributed by atoms with Crippen LogP contribution in [-0.4, -0.2) is 62.3 Å². The normalized spacial score (nSPS) is 61.8. The van der Waals surface area contributed by atoms with Crippen molar-refractivity contribution in [2.75, 3.05) is 6.61 Å². The van der Waals surface area contributed by atoms with Crippen molar-refractivity contribution in [2.24, 2.45) is 61.6 Å². The van der Waals surface area contributed by atoms with E-state index in [9.17, 15) is 30.3 Å². The fraction of sp³-hybridized carbons (Fsp3) is 0.917. The Morgan fingerprint density at radius 2 is 1.55 bits per heavy atom. The summed E-state index contributed by atoms with van der Waals surface area (Å²) in [7, 11) is 0. The minimum Gasteiger partial charge on any atom is -0.394 e. The predicted molar refractivity (Wildman–Crippen MR) is 158 cm³/mol. The third kappa shape index (κ3) is 2.68. The first-order valence-corrected chi connectivity index (χ1v) is 17.3. The zero-order chi connectivity index (χ0) is 29.9. The SMILES string of the molecule is C[C@@]12CC[C@@H]3CC[C@@]45C[C@H](O)[C@]6(CC1)[C@@H](O)CC[C@@H]2[C@@]36C4=CC(=O)[C@@H]1[C@@]2(C)CC[C@H](O)[C@@](C)([C@H](O)CO)[C@H]2CC[C@]15C. The van der Waals surface area contributed by atoms with Crippen LogP contribution in [0.4, 0.5) is 0 Å². The molecular formula is C36H54O6. The van der Waals surface area contributed by atoms with E-state index in [1.807, 2.05) is 6.92 Å².